The fourth-order valence-electron chi connectivity index (χ4n) is 3.12. The van der Waals surface area contributed by atoms with Gasteiger partial charge in [-0.15, -0.1) is 0 Å². The third kappa shape index (κ3) is 3.07. The predicted molar refractivity (Wildman–Crippen MR) is 92.4 cm³/mol. The van der Waals surface area contributed by atoms with E-state index in [-0.39, 0.29) is 5.69 Å². The summed E-state index contributed by atoms with van der Waals surface area (Å²) in [6.45, 7) is 2.84. The Labute approximate surface area is 144 Å². The number of aliphatic hydroxyl groups is 1. The second-order valence-electron chi connectivity index (χ2n) is 6.03. The number of pyridine rings is 1. The molecule has 2 heterocycles. The lowest BCUT2D eigenvalue weighted by Gasteiger charge is -2.39. The zero-order valence-corrected chi connectivity index (χ0v) is 14.0. The summed E-state index contributed by atoms with van der Waals surface area (Å²) in [4.78, 5) is 16.8. The Kier molecular flexibility index (Phi) is 4.43. The maximum atomic E-state index is 10.9. The van der Waals surface area contributed by atoms with Gasteiger partial charge in [-0.05, 0) is 31.9 Å². The maximum absolute atomic E-state index is 10.9. The Morgan fingerprint density at radius 2 is 1.92 bits per heavy atom. The zero-order chi connectivity index (χ0) is 17.3. The topological polar surface area (TPSA) is 79.5 Å². The average molecular weight is 348 g/mol. The Morgan fingerprint density at radius 1 is 1.25 bits per heavy atom. The molecule has 1 aromatic carbocycles. The zero-order valence-electron chi connectivity index (χ0n) is 13.3. The lowest BCUT2D eigenvalue weighted by atomic mass is 9.84. The van der Waals surface area contributed by atoms with E-state index >= 15 is 0 Å². The summed E-state index contributed by atoms with van der Waals surface area (Å²) < 4.78 is 0. The first-order valence-electron chi connectivity index (χ1n) is 7.75. The molecule has 24 heavy (non-hydrogen) atoms. The van der Waals surface area contributed by atoms with Crippen LogP contribution in [0.5, 0.6) is 0 Å². The number of aryl methyl sites for hydroxylation is 1. The minimum atomic E-state index is -0.954. The van der Waals surface area contributed by atoms with Gasteiger partial charge in [0.05, 0.1) is 10.5 Å². The van der Waals surface area contributed by atoms with Gasteiger partial charge in [0.15, 0.2) is 0 Å². The number of aromatic nitrogens is 1. The summed E-state index contributed by atoms with van der Waals surface area (Å²) in [6.07, 6.45) is 1.04. The lowest BCUT2D eigenvalue weighted by Crippen LogP contribution is -2.43. The van der Waals surface area contributed by atoms with Crippen LogP contribution in [0.3, 0.4) is 0 Å². The van der Waals surface area contributed by atoms with Crippen molar-refractivity contribution < 1.29 is 10.0 Å². The van der Waals surface area contributed by atoms with Crippen molar-refractivity contribution in [3.05, 3.63) is 62.8 Å². The first kappa shape index (κ1) is 16.7. The normalized spacial score (nSPS) is 16.9. The third-order valence-electron chi connectivity index (χ3n) is 4.53. The highest BCUT2D eigenvalue weighted by molar-refractivity contribution is 6.31. The molecule has 0 amide bonds. The van der Waals surface area contributed by atoms with Crippen LogP contribution in [-0.2, 0) is 5.60 Å². The van der Waals surface area contributed by atoms with Crippen LogP contribution in [0, 0.1) is 17.0 Å². The molecule has 0 radical (unpaired) electrons. The first-order chi connectivity index (χ1) is 11.4. The molecule has 0 aliphatic carbocycles. The van der Waals surface area contributed by atoms with E-state index in [0.717, 1.165) is 5.56 Å². The number of rotatable bonds is 3. The third-order valence-corrected chi connectivity index (χ3v) is 4.86. The maximum Gasteiger partial charge on any atom is 0.290 e. The highest BCUT2D eigenvalue weighted by atomic mass is 35.5. The molecule has 0 saturated carbocycles. The van der Waals surface area contributed by atoms with E-state index in [2.05, 4.69) is 4.98 Å². The van der Waals surface area contributed by atoms with Gasteiger partial charge in [0, 0.05) is 29.7 Å². The van der Waals surface area contributed by atoms with Crippen molar-refractivity contribution in [3.8, 4) is 0 Å². The Bertz CT molecular complexity index is 773. The molecule has 1 aliphatic heterocycles. The molecule has 0 spiro atoms. The monoisotopic (exact) mass is 347 g/mol. The molecular formula is C17H18ClN3O3. The van der Waals surface area contributed by atoms with E-state index < -0.39 is 10.5 Å². The van der Waals surface area contributed by atoms with E-state index in [1.54, 1.807) is 19.1 Å². The first-order valence-corrected chi connectivity index (χ1v) is 8.13. The van der Waals surface area contributed by atoms with Crippen LogP contribution in [0.4, 0.5) is 11.5 Å². The molecule has 1 N–H and O–H groups in total. The van der Waals surface area contributed by atoms with Crippen LogP contribution in [0.25, 0.3) is 0 Å². The van der Waals surface area contributed by atoms with Gasteiger partial charge in [-0.1, -0.05) is 29.8 Å². The molecule has 1 aliphatic rings. The number of hydrogen-bond acceptors (Lipinski definition) is 5. The van der Waals surface area contributed by atoms with Crippen LogP contribution in [0.2, 0.25) is 5.02 Å². The summed E-state index contributed by atoms with van der Waals surface area (Å²) in [5, 5.41) is 22.4. The van der Waals surface area contributed by atoms with Crippen molar-refractivity contribution in [2.24, 2.45) is 0 Å². The van der Waals surface area contributed by atoms with Gasteiger partial charge in [-0.25, -0.2) is 4.98 Å². The summed E-state index contributed by atoms with van der Waals surface area (Å²) in [5.41, 5.74) is 0.205. The molecule has 126 valence electrons. The molecule has 0 atom stereocenters. The minimum Gasteiger partial charge on any atom is -0.385 e. The Morgan fingerprint density at radius 3 is 2.50 bits per heavy atom. The number of hydrogen-bond donors (Lipinski definition) is 1. The number of nitrogens with zero attached hydrogens (tertiary/aromatic N) is 3. The number of anilines is 1. The molecule has 1 fully saturated rings. The smallest absolute Gasteiger partial charge is 0.290 e. The fourth-order valence-corrected chi connectivity index (χ4v) is 3.43. The number of nitro groups is 1. The van der Waals surface area contributed by atoms with Gasteiger partial charge in [-0.3, -0.25) is 10.1 Å². The van der Waals surface area contributed by atoms with Crippen LogP contribution < -0.4 is 4.90 Å². The number of piperidine rings is 1. The SMILES string of the molecule is Cc1nc(N2CCC(O)(c3ccccc3Cl)CC2)ccc1[N+](=O)[O-]. The van der Waals surface area contributed by atoms with Gasteiger partial charge >= 0.3 is 0 Å². The van der Waals surface area contributed by atoms with Crippen molar-refractivity contribution in [1.82, 2.24) is 4.98 Å². The van der Waals surface area contributed by atoms with Gasteiger partial charge in [0.2, 0.25) is 0 Å². The second kappa shape index (κ2) is 6.37. The Hall–Kier alpha value is -2.18. The van der Waals surface area contributed by atoms with Crippen molar-refractivity contribution in [3.63, 3.8) is 0 Å². The van der Waals surface area contributed by atoms with Crippen molar-refractivity contribution in [2.45, 2.75) is 25.4 Å². The van der Waals surface area contributed by atoms with Crippen LogP contribution in [0.15, 0.2) is 36.4 Å². The van der Waals surface area contributed by atoms with Gasteiger partial charge in [0.1, 0.15) is 11.5 Å². The molecular weight excluding hydrogens is 330 g/mol. The van der Waals surface area contributed by atoms with Crippen LogP contribution >= 0.6 is 11.6 Å². The van der Waals surface area contributed by atoms with Crippen molar-refractivity contribution in [2.75, 3.05) is 18.0 Å². The van der Waals surface area contributed by atoms with Crippen LogP contribution in [0.1, 0.15) is 24.1 Å². The fraction of sp³-hybridized carbons (Fsp3) is 0.353. The van der Waals surface area contributed by atoms with E-state index in [9.17, 15) is 15.2 Å². The molecule has 0 bridgehead atoms. The number of halogens is 1. The van der Waals surface area contributed by atoms with Crippen molar-refractivity contribution in [1.29, 1.82) is 0 Å². The molecule has 1 saturated heterocycles. The molecule has 7 heteroatoms. The highest BCUT2D eigenvalue weighted by Crippen LogP contribution is 2.37. The largest absolute Gasteiger partial charge is 0.385 e. The van der Waals surface area contributed by atoms with Crippen molar-refractivity contribution >= 4 is 23.1 Å². The van der Waals surface area contributed by atoms with E-state index in [1.165, 1.54) is 6.07 Å². The molecule has 2 aromatic rings. The standard InChI is InChI=1S/C17H18ClN3O3/c1-12-15(21(23)24)6-7-16(19-12)20-10-8-17(22,9-11-20)13-4-2-3-5-14(13)18/h2-7,22H,8-11H2,1H3. The Balaban J connectivity index is 1.77. The molecule has 6 nitrogen and oxygen atoms in total. The predicted octanol–water partition coefficient (Wildman–Crippen LogP) is 3.44. The summed E-state index contributed by atoms with van der Waals surface area (Å²) in [5.74, 6) is 0.694. The van der Waals surface area contributed by atoms with Gasteiger partial charge < -0.3 is 10.0 Å². The number of benzene rings is 1. The quantitative estimate of drug-likeness (QED) is 0.679. The molecule has 0 unspecified atom stereocenters. The summed E-state index contributed by atoms with van der Waals surface area (Å²) >= 11 is 6.22. The summed E-state index contributed by atoms with van der Waals surface area (Å²) in [6, 6.07) is 10.5. The highest BCUT2D eigenvalue weighted by Gasteiger charge is 2.35. The van der Waals surface area contributed by atoms with E-state index in [0.29, 0.717) is 42.5 Å². The van der Waals surface area contributed by atoms with E-state index in [1.807, 2.05) is 23.1 Å². The molecule has 1 aromatic heterocycles. The second-order valence-corrected chi connectivity index (χ2v) is 6.44. The molecule has 3 rings (SSSR count). The van der Waals surface area contributed by atoms with E-state index in [4.69, 9.17) is 11.6 Å². The summed E-state index contributed by atoms with van der Waals surface area (Å²) in [7, 11) is 0. The van der Waals surface area contributed by atoms with Gasteiger partial charge in [0.25, 0.3) is 5.69 Å². The van der Waals surface area contributed by atoms with Crippen LogP contribution in [-0.4, -0.2) is 28.1 Å². The minimum absolute atomic E-state index is 0.0170. The average Bonchev–Trinajstić information content (AvgIpc) is 2.55. The van der Waals surface area contributed by atoms with Gasteiger partial charge in [-0.2, -0.15) is 0 Å². The lowest BCUT2D eigenvalue weighted by molar-refractivity contribution is -0.385.